The molecule has 0 saturated heterocycles. The van der Waals surface area contributed by atoms with E-state index in [1.807, 2.05) is 6.07 Å². The third-order valence-corrected chi connectivity index (χ3v) is 1.51. The number of ether oxygens (including phenoxy) is 1. The van der Waals surface area contributed by atoms with Gasteiger partial charge in [0.25, 0.3) is 0 Å². The van der Waals surface area contributed by atoms with E-state index in [1.54, 1.807) is 19.3 Å². The van der Waals surface area contributed by atoms with E-state index >= 15 is 0 Å². The lowest BCUT2D eigenvalue weighted by atomic mass is 10.3. The number of hydrogen-bond donors (Lipinski definition) is 0. The van der Waals surface area contributed by atoms with E-state index < -0.39 is 0 Å². The Balaban J connectivity index is 2.22. The van der Waals surface area contributed by atoms with E-state index in [0.717, 1.165) is 5.76 Å². The molecule has 0 saturated carbocycles. The molecule has 1 heterocycles. The molecular formula is C10H12O3. The molecule has 0 bridgehead atoms. The van der Waals surface area contributed by atoms with Gasteiger partial charge in [-0.1, -0.05) is 6.58 Å². The second-order valence-electron chi connectivity index (χ2n) is 2.75. The maximum atomic E-state index is 10.9. The summed E-state index contributed by atoms with van der Waals surface area (Å²) in [4.78, 5) is 10.9. The first-order chi connectivity index (χ1) is 6.20. The van der Waals surface area contributed by atoms with Gasteiger partial charge >= 0.3 is 5.97 Å². The molecule has 70 valence electrons. The van der Waals surface area contributed by atoms with Crippen LogP contribution in [0.15, 0.2) is 35.0 Å². The highest BCUT2D eigenvalue weighted by Gasteiger charge is 2.03. The molecule has 0 atom stereocenters. The molecular weight excluding hydrogens is 168 g/mol. The van der Waals surface area contributed by atoms with Crippen molar-refractivity contribution < 1.29 is 13.9 Å². The molecule has 0 spiro atoms. The lowest BCUT2D eigenvalue weighted by Crippen LogP contribution is -2.07. The zero-order chi connectivity index (χ0) is 9.68. The topological polar surface area (TPSA) is 39.4 Å². The molecule has 0 aliphatic rings. The van der Waals surface area contributed by atoms with Crippen molar-refractivity contribution in [3.63, 3.8) is 0 Å². The zero-order valence-electron chi connectivity index (χ0n) is 7.58. The van der Waals surface area contributed by atoms with E-state index in [0.29, 0.717) is 18.6 Å². The van der Waals surface area contributed by atoms with Crippen LogP contribution in [-0.2, 0) is 16.0 Å². The Morgan fingerprint density at radius 2 is 2.46 bits per heavy atom. The summed E-state index contributed by atoms with van der Waals surface area (Å²) in [5.74, 6) is 0.459. The number of esters is 1. The molecule has 0 amide bonds. The van der Waals surface area contributed by atoms with Gasteiger partial charge in [0.2, 0.25) is 0 Å². The fraction of sp³-hybridized carbons (Fsp3) is 0.300. The van der Waals surface area contributed by atoms with Crippen LogP contribution in [0.3, 0.4) is 0 Å². The van der Waals surface area contributed by atoms with E-state index in [-0.39, 0.29) is 5.97 Å². The van der Waals surface area contributed by atoms with Gasteiger partial charge in [0.15, 0.2) is 0 Å². The minimum atomic E-state index is -0.355. The fourth-order valence-corrected chi connectivity index (χ4v) is 0.822. The lowest BCUT2D eigenvalue weighted by Gasteiger charge is -2.01. The van der Waals surface area contributed by atoms with Crippen LogP contribution in [0.2, 0.25) is 0 Å². The molecule has 0 aromatic carbocycles. The number of hydrogen-bond acceptors (Lipinski definition) is 3. The Morgan fingerprint density at radius 3 is 3.00 bits per heavy atom. The molecule has 1 rings (SSSR count). The van der Waals surface area contributed by atoms with Gasteiger partial charge in [-0.2, -0.15) is 0 Å². The number of carbonyl (C=O) groups excluding carboxylic acids is 1. The van der Waals surface area contributed by atoms with Crippen LogP contribution in [0.25, 0.3) is 0 Å². The molecule has 0 fully saturated rings. The summed E-state index contributed by atoms with van der Waals surface area (Å²) in [5, 5.41) is 0. The van der Waals surface area contributed by atoms with Crippen LogP contribution in [0.4, 0.5) is 0 Å². The Bertz CT molecular complexity index is 285. The first-order valence-corrected chi connectivity index (χ1v) is 4.05. The summed E-state index contributed by atoms with van der Waals surface area (Å²) < 4.78 is 9.94. The van der Waals surface area contributed by atoms with Gasteiger partial charge in [-0.05, 0) is 19.1 Å². The minimum Gasteiger partial charge on any atom is -0.469 e. The maximum absolute atomic E-state index is 10.9. The quantitative estimate of drug-likeness (QED) is 0.525. The molecule has 0 aliphatic heterocycles. The first kappa shape index (κ1) is 9.58. The molecule has 0 N–H and O–H groups in total. The smallest absolute Gasteiger partial charge is 0.333 e. The minimum absolute atomic E-state index is 0.333. The average Bonchev–Trinajstić information content (AvgIpc) is 2.56. The van der Waals surface area contributed by atoms with E-state index in [4.69, 9.17) is 9.15 Å². The summed E-state index contributed by atoms with van der Waals surface area (Å²) in [6.07, 6.45) is 2.20. The molecule has 0 radical (unpaired) electrons. The van der Waals surface area contributed by atoms with E-state index in [9.17, 15) is 4.79 Å². The van der Waals surface area contributed by atoms with Gasteiger partial charge in [-0.25, -0.2) is 4.79 Å². The van der Waals surface area contributed by atoms with Crippen LogP contribution >= 0.6 is 0 Å². The Labute approximate surface area is 77.0 Å². The van der Waals surface area contributed by atoms with Gasteiger partial charge in [0.1, 0.15) is 5.76 Å². The summed E-state index contributed by atoms with van der Waals surface area (Å²) in [5.41, 5.74) is 0.416. The van der Waals surface area contributed by atoms with Crippen LogP contribution in [-0.4, -0.2) is 12.6 Å². The number of rotatable bonds is 4. The average molecular weight is 180 g/mol. The van der Waals surface area contributed by atoms with Crippen molar-refractivity contribution >= 4 is 5.97 Å². The fourth-order valence-electron chi connectivity index (χ4n) is 0.822. The third-order valence-electron chi connectivity index (χ3n) is 1.51. The molecule has 0 aliphatic carbocycles. The molecule has 3 heteroatoms. The largest absolute Gasteiger partial charge is 0.469 e. The lowest BCUT2D eigenvalue weighted by molar-refractivity contribution is -0.138. The van der Waals surface area contributed by atoms with Crippen molar-refractivity contribution in [3.8, 4) is 0 Å². The second-order valence-corrected chi connectivity index (χ2v) is 2.75. The van der Waals surface area contributed by atoms with Crippen molar-refractivity contribution in [2.45, 2.75) is 13.3 Å². The van der Waals surface area contributed by atoms with E-state index in [1.165, 1.54) is 0 Å². The Morgan fingerprint density at radius 1 is 1.69 bits per heavy atom. The highest BCUT2D eigenvalue weighted by Crippen LogP contribution is 2.01. The predicted octanol–water partition coefficient (Wildman–Crippen LogP) is 1.94. The predicted molar refractivity (Wildman–Crippen MR) is 48.2 cm³/mol. The molecule has 1 aromatic heterocycles. The molecule has 3 nitrogen and oxygen atoms in total. The maximum Gasteiger partial charge on any atom is 0.333 e. The van der Waals surface area contributed by atoms with Crippen molar-refractivity contribution in [1.29, 1.82) is 0 Å². The summed E-state index contributed by atoms with van der Waals surface area (Å²) in [6, 6.07) is 3.64. The Hall–Kier alpha value is -1.51. The van der Waals surface area contributed by atoms with E-state index in [2.05, 4.69) is 6.58 Å². The monoisotopic (exact) mass is 180 g/mol. The van der Waals surface area contributed by atoms with Gasteiger partial charge in [-0.3, -0.25) is 0 Å². The highest BCUT2D eigenvalue weighted by molar-refractivity contribution is 5.86. The normalized spacial score (nSPS) is 9.62. The second kappa shape index (κ2) is 4.50. The number of carbonyl (C=O) groups is 1. The molecule has 0 unspecified atom stereocenters. The molecule has 13 heavy (non-hydrogen) atoms. The van der Waals surface area contributed by atoms with Crippen molar-refractivity contribution in [1.82, 2.24) is 0 Å². The van der Waals surface area contributed by atoms with Crippen molar-refractivity contribution in [2.24, 2.45) is 0 Å². The van der Waals surface area contributed by atoms with Crippen molar-refractivity contribution in [2.75, 3.05) is 6.61 Å². The Kier molecular flexibility index (Phi) is 3.31. The SMILES string of the molecule is C=C(C)C(=O)OCCc1ccco1. The van der Waals surface area contributed by atoms with Gasteiger partial charge < -0.3 is 9.15 Å². The third kappa shape index (κ3) is 3.15. The highest BCUT2D eigenvalue weighted by atomic mass is 16.5. The van der Waals surface area contributed by atoms with Crippen LogP contribution in [0, 0.1) is 0 Å². The first-order valence-electron chi connectivity index (χ1n) is 4.05. The summed E-state index contributed by atoms with van der Waals surface area (Å²) in [7, 11) is 0. The van der Waals surface area contributed by atoms with Crippen LogP contribution in [0.5, 0.6) is 0 Å². The van der Waals surface area contributed by atoms with Crippen LogP contribution < -0.4 is 0 Å². The van der Waals surface area contributed by atoms with Gasteiger partial charge in [0, 0.05) is 12.0 Å². The van der Waals surface area contributed by atoms with Crippen LogP contribution in [0.1, 0.15) is 12.7 Å². The summed E-state index contributed by atoms with van der Waals surface area (Å²) in [6.45, 7) is 5.43. The standard InChI is InChI=1S/C10H12O3/c1-8(2)10(11)13-7-5-9-4-3-6-12-9/h3-4,6H,1,5,7H2,2H3. The zero-order valence-corrected chi connectivity index (χ0v) is 7.58. The van der Waals surface area contributed by atoms with Gasteiger partial charge in [-0.15, -0.1) is 0 Å². The molecule has 1 aromatic rings. The van der Waals surface area contributed by atoms with Crippen molar-refractivity contribution in [3.05, 3.63) is 36.3 Å². The number of furan rings is 1. The van der Waals surface area contributed by atoms with Gasteiger partial charge in [0.05, 0.1) is 12.9 Å². The summed E-state index contributed by atoms with van der Waals surface area (Å²) >= 11 is 0.